The number of methoxy groups -OCH3 is 1. The quantitative estimate of drug-likeness (QED) is 0.736. The Labute approximate surface area is 86.5 Å². The number of phenols is 1. The number of ether oxygens (including phenoxy) is 1. The van der Waals surface area contributed by atoms with Crippen LogP contribution in [0.1, 0.15) is 17.3 Å². The molecule has 5 heteroatoms. The van der Waals surface area contributed by atoms with Gasteiger partial charge in [-0.2, -0.15) is 0 Å². The topological polar surface area (TPSA) is 72.5 Å². The molecular weight excluding hydrogens is 201 g/mol. The van der Waals surface area contributed by atoms with Crippen molar-refractivity contribution in [2.45, 2.75) is 13.0 Å². The number of carbonyl (C=O) groups excluding carboxylic acids is 1. The molecule has 0 spiro atoms. The Balaban J connectivity index is 3.33. The molecule has 1 atom stereocenters. The van der Waals surface area contributed by atoms with E-state index in [1.54, 1.807) is 0 Å². The molecule has 3 N–H and O–H groups in total. The number of hydrogen-bond acceptors (Lipinski definition) is 4. The van der Waals surface area contributed by atoms with Crippen LogP contribution in [-0.2, 0) is 0 Å². The van der Waals surface area contributed by atoms with Crippen molar-refractivity contribution >= 4 is 5.78 Å². The first-order valence-corrected chi connectivity index (χ1v) is 4.33. The summed E-state index contributed by atoms with van der Waals surface area (Å²) >= 11 is 0. The third-order valence-electron chi connectivity index (χ3n) is 1.92. The maximum Gasteiger partial charge on any atom is 0.185 e. The molecule has 15 heavy (non-hydrogen) atoms. The third kappa shape index (κ3) is 2.24. The molecule has 0 saturated heterocycles. The Bertz CT molecular complexity index is 390. The van der Waals surface area contributed by atoms with E-state index in [0.717, 1.165) is 6.07 Å². The maximum atomic E-state index is 13.4. The molecule has 0 fully saturated rings. The summed E-state index contributed by atoms with van der Waals surface area (Å²) in [5.74, 6) is -1.72. The molecule has 4 nitrogen and oxygen atoms in total. The minimum Gasteiger partial charge on any atom is -0.508 e. The Hall–Kier alpha value is -1.62. The molecule has 82 valence electrons. The number of rotatable bonds is 3. The van der Waals surface area contributed by atoms with Crippen LogP contribution in [-0.4, -0.2) is 24.0 Å². The van der Waals surface area contributed by atoms with Crippen LogP contribution in [0.5, 0.6) is 11.5 Å². The van der Waals surface area contributed by atoms with Crippen molar-refractivity contribution < 1.29 is 19.0 Å². The Morgan fingerprint density at radius 2 is 2.20 bits per heavy atom. The first-order chi connectivity index (χ1) is 6.97. The fourth-order valence-electron chi connectivity index (χ4n) is 1.20. The van der Waals surface area contributed by atoms with Crippen LogP contribution in [0.3, 0.4) is 0 Å². The van der Waals surface area contributed by atoms with Gasteiger partial charge in [-0.05, 0) is 6.92 Å². The van der Waals surface area contributed by atoms with Crippen molar-refractivity contribution in [3.63, 3.8) is 0 Å². The molecule has 0 amide bonds. The number of nitrogens with two attached hydrogens (primary N) is 1. The molecule has 0 heterocycles. The number of halogens is 1. The zero-order chi connectivity index (χ0) is 11.6. The lowest BCUT2D eigenvalue weighted by Crippen LogP contribution is -2.27. The molecule has 1 aromatic rings. The van der Waals surface area contributed by atoms with Crippen LogP contribution in [0.2, 0.25) is 0 Å². The van der Waals surface area contributed by atoms with Crippen molar-refractivity contribution in [2.24, 2.45) is 5.73 Å². The summed E-state index contributed by atoms with van der Waals surface area (Å²) in [6.45, 7) is 1.45. The maximum absolute atomic E-state index is 13.4. The monoisotopic (exact) mass is 213 g/mol. The molecule has 0 radical (unpaired) electrons. The zero-order valence-electron chi connectivity index (χ0n) is 8.45. The first-order valence-electron chi connectivity index (χ1n) is 4.33. The second-order valence-corrected chi connectivity index (χ2v) is 3.16. The summed E-state index contributed by atoms with van der Waals surface area (Å²) in [6.07, 6.45) is 0. The highest BCUT2D eigenvalue weighted by Crippen LogP contribution is 2.27. The Morgan fingerprint density at radius 3 is 2.67 bits per heavy atom. The largest absolute Gasteiger partial charge is 0.508 e. The fourth-order valence-corrected chi connectivity index (χ4v) is 1.20. The highest BCUT2D eigenvalue weighted by molar-refractivity contribution is 6.02. The van der Waals surface area contributed by atoms with E-state index in [0.29, 0.717) is 0 Å². The lowest BCUT2D eigenvalue weighted by molar-refractivity contribution is 0.0960. The van der Waals surface area contributed by atoms with Gasteiger partial charge in [0.15, 0.2) is 5.78 Å². The smallest absolute Gasteiger partial charge is 0.185 e. The van der Waals surface area contributed by atoms with E-state index < -0.39 is 17.6 Å². The number of hydrogen-bond donors (Lipinski definition) is 2. The predicted octanol–water partition coefficient (Wildman–Crippen LogP) is 1.07. The second-order valence-electron chi connectivity index (χ2n) is 3.16. The minimum absolute atomic E-state index is 0.0187. The van der Waals surface area contributed by atoms with Gasteiger partial charge in [0.05, 0.1) is 18.7 Å². The average molecular weight is 213 g/mol. The molecule has 1 rings (SSSR count). The number of Topliss-reactive ketones (excluding diaryl/α,β-unsaturated/α-hetero) is 1. The van der Waals surface area contributed by atoms with Crippen molar-refractivity contribution in [2.75, 3.05) is 7.11 Å². The van der Waals surface area contributed by atoms with Crippen LogP contribution in [0, 0.1) is 5.82 Å². The summed E-state index contributed by atoms with van der Waals surface area (Å²) in [7, 11) is 1.28. The van der Waals surface area contributed by atoms with Crippen LogP contribution in [0.25, 0.3) is 0 Å². The van der Waals surface area contributed by atoms with Crippen molar-refractivity contribution in [1.29, 1.82) is 0 Å². The van der Waals surface area contributed by atoms with E-state index >= 15 is 0 Å². The second kappa shape index (κ2) is 4.27. The SMILES string of the molecule is COc1cc(O)cc(F)c1C(=O)C(C)N. The third-order valence-corrected chi connectivity index (χ3v) is 1.92. The van der Waals surface area contributed by atoms with Crippen molar-refractivity contribution in [1.82, 2.24) is 0 Å². The van der Waals surface area contributed by atoms with Gasteiger partial charge in [0.25, 0.3) is 0 Å². The highest BCUT2D eigenvalue weighted by atomic mass is 19.1. The number of ketones is 1. The lowest BCUT2D eigenvalue weighted by atomic mass is 10.0. The molecule has 0 saturated carbocycles. The molecule has 1 aromatic carbocycles. The van der Waals surface area contributed by atoms with Gasteiger partial charge in [-0.25, -0.2) is 4.39 Å². The first kappa shape index (κ1) is 11.5. The lowest BCUT2D eigenvalue weighted by Gasteiger charge is -2.11. The number of aromatic hydroxyl groups is 1. The van der Waals surface area contributed by atoms with Gasteiger partial charge >= 0.3 is 0 Å². The van der Waals surface area contributed by atoms with Crippen LogP contribution >= 0.6 is 0 Å². The molecular formula is C10H12FNO3. The number of benzene rings is 1. The Kier molecular flexibility index (Phi) is 3.26. The van der Waals surface area contributed by atoms with E-state index in [9.17, 15) is 9.18 Å². The molecule has 0 bridgehead atoms. The van der Waals surface area contributed by atoms with Gasteiger partial charge < -0.3 is 15.6 Å². The summed E-state index contributed by atoms with van der Waals surface area (Å²) < 4.78 is 18.2. The van der Waals surface area contributed by atoms with Gasteiger partial charge in [-0.1, -0.05) is 0 Å². The van der Waals surface area contributed by atoms with E-state index in [4.69, 9.17) is 15.6 Å². The molecule has 0 aliphatic rings. The van der Waals surface area contributed by atoms with Gasteiger partial charge in [0, 0.05) is 12.1 Å². The molecule has 0 aromatic heterocycles. The fraction of sp³-hybridized carbons (Fsp3) is 0.300. The van der Waals surface area contributed by atoms with Crippen molar-refractivity contribution in [3.8, 4) is 11.5 Å². The van der Waals surface area contributed by atoms with Gasteiger partial charge in [0.1, 0.15) is 17.3 Å². The molecule has 0 aliphatic heterocycles. The van der Waals surface area contributed by atoms with E-state index in [1.165, 1.54) is 20.1 Å². The Morgan fingerprint density at radius 1 is 1.60 bits per heavy atom. The van der Waals surface area contributed by atoms with E-state index in [1.807, 2.05) is 0 Å². The summed E-state index contributed by atoms with van der Waals surface area (Å²) in [5, 5.41) is 9.11. The van der Waals surface area contributed by atoms with Crippen LogP contribution < -0.4 is 10.5 Å². The van der Waals surface area contributed by atoms with Gasteiger partial charge in [-0.15, -0.1) is 0 Å². The molecule has 1 unspecified atom stereocenters. The average Bonchev–Trinajstić information content (AvgIpc) is 2.15. The highest BCUT2D eigenvalue weighted by Gasteiger charge is 2.21. The van der Waals surface area contributed by atoms with Gasteiger partial charge in [-0.3, -0.25) is 4.79 Å². The standard InChI is InChI=1S/C10H12FNO3/c1-5(12)10(14)9-7(11)3-6(13)4-8(9)15-2/h3-5,13H,12H2,1-2H3. The van der Waals surface area contributed by atoms with Crippen molar-refractivity contribution in [3.05, 3.63) is 23.5 Å². The van der Waals surface area contributed by atoms with Crippen LogP contribution in [0.15, 0.2) is 12.1 Å². The van der Waals surface area contributed by atoms with Gasteiger partial charge in [0.2, 0.25) is 0 Å². The number of carbonyl (C=O) groups is 1. The predicted molar refractivity (Wildman–Crippen MR) is 52.6 cm³/mol. The minimum atomic E-state index is -0.839. The van der Waals surface area contributed by atoms with E-state index in [2.05, 4.69) is 0 Å². The molecule has 0 aliphatic carbocycles. The zero-order valence-corrected chi connectivity index (χ0v) is 8.45. The summed E-state index contributed by atoms with van der Waals surface area (Å²) in [5.41, 5.74) is 5.13. The van der Waals surface area contributed by atoms with E-state index in [-0.39, 0.29) is 17.1 Å². The van der Waals surface area contributed by atoms with Crippen LogP contribution in [0.4, 0.5) is 4.39 Å². The normalized spacial score (nSPS) is 12.3. The summed E-state index contributed by atoms with van der Waals surface area (Å²) in [4.78, 5) is 11.5. The number of phenolic OH excluding ortho intramolecular Hbond substituents is 1. The summed E-state index contributed by atoms with van der Waals surface area (Å²) in [6, 6.07) is 1.19.